The van der Waals surface area contributed by atoms with Gasteiger partial charge in [0.15, 0.2) is 5.65 Å². The number of halogens is 1. The van der Waals surface area contributed by atoms with E-state index < -0.39 is 0 Å². The van der Waals surface area contributed by atoms with Crippen molar-refractivity contribution in [1.29, 1.82) is 0 Å². The molecule has 2 aromatic heterocycles. The van der Waals surface area contributed by atoms with E-state index in [4.69, 9.17) is 4.74 Å². The molecule has 0 fully saturated rings. The van der Waals surface area contributed by atoms with Gasteiger partial charge in [-0.05, 0) is 48.1 Å². The van der Waals surface area contributed by atoms with E-state index in [9.17, 15) is 0 Å². The Labute approximate surface area is 133 Å². The molecule has 5 nitrogen and oxygen atoms in total. The molecule has 0 aromatic carbocycles. The molecule has 20 heavy (non-hydrogen) atoms. The first kappa shape index (κ1) is 18.9. The van der Waals surface area contributed by atoms with Gasteiger partial charge in [0, 0.05) is 6.07 Å². The lowest BCUT2D eigenvalue weighted by Crippen LogP contribution is -2.02. The number of thiol groups is 1. The molecule has 0 bridgehead atoms. The molecule has 0 radical (unpaired) electrons. The first-order valence-corrected chi connectivity index (χ1v) is 7.54. The van der Waals surface area contributed by atoms with Gasteiger partial charge in [-0.25, -0.2) is 9.50 Å². The lowest BCUT2D eigenvalue weighted by atomic mass is 10.5. The van der Waals surface area contributed by atoms with Gasteiger partial charge in [-0.3, -0.25) is 0 Å². The summed E-state index contributed by atoms with van der Waals surface area (Å²) in [7, 11) is 1.50. The lowest BCUT2D eigenvalue weighted by Gasteiger charge is -2.03. The number of imidazole rings is 1. The van der Waals surface area contributed by atoms with Gasteiger partial charge in [0.25, 0.3) is 0 Å². The first-order valence-electron chi connectivity index (χ1n) is 6.11. The third-order valence-electron chi connectivity index (χ3n) is 1.85. The van der Waals surface area contributed by atoms with E-state index in [2.05, 4.69) is 51.0 Å². The average molecular weight is 361 g/mol. The Hall–Kier alpha value is -1.05. The van der Waals surface area contributed by atoms with Crippen LogP contribution in [-0.2, 0) is 0 Å². The number of hydrogen-bond donors (Lipinski definition) is 2. The van der Waals surface area contributed by atoms with Crippen LogP contribution in [-0.4, -0.2) is 34.0 Å². The van der Waals surface area contributed by atoms with Crippen molar-refractivity contribution < 1.29 is 4.74 Å². The van der Waals surface area contributed by atoms with Gasteiger partial charge in [-0.2, -0.15) is 12.6 Å². The van der Waals surface area contributed by atoms with Gasteiger partial charge < -0.3 is 10.5 Å². The molecule has 0 atom stereocenters. The van der Waals surface area contributed by atoms with E-state index in [0.717, 1.165) is 22.4 Å². The second kappa shape index (κ2) is 11.7. The van der Waals surface area contributed by atoms with E-state index in [1.807, 2.05) is 19.1 Å². The van der Waals surface area contributed by atoms with E-state index in [0.29, 0.717) is 12.5 Å². The average Bonchev–Trinajstić information content (AvgIpc) is 2.84. The maximum atomic E-state index is 5.45. The number of fused-ring (bicyclic) bond motifs is 1. The third-order valence-corrected chi connectivity index (χ3v) is 2.71. The minimum atomic E-state index is 0.600. The molecule has 0 aliphatic rings. The number of aromatic nitrogens is 3. The summed E-state index contributed by atoms with van der Waals surface area (Å²) in [6.45, 7) is 5.88. The highest BCUT2D eigenvalue weighted by Crippen LogP contribution is 2.14. The summed E-state index contributed by atoms with van der Waals surface area (Å²) in [4.78, 5) is 4.14. The van der Waals surface area contributed by atoms with E-state index in [1.54, 1.807) is 16.8 Å². The SMILES string of the molecule is C=CC.CN.SCCCOc1ccc2ncc(Br)n2n1. The van der Waals surface area contributed by atoms with Crippen molar-refractivity contribution in [1.82, 2.24) is 14.6 Å². The van der Waals surface area contributed by atoms with E-state index in [1.165, 1.54) is 7.05 Å². The lowest BCUT2D eigenvalue weighted by molar-refractivity contribution is 0.301. The second-order valence-corrected chi connectivity index (χ2v) is 4.62. The molecule has 2 rings (SSSR count). The van der Waals surface area contributed by atoms with Crippen LogP contribution in [0.1, 0.15) is 13.3 Å². The maximum absolute atomic E-state index is 5.45. The molecule has 0 spiro atoms. The van der Waals surface area contributed by atoms with Crippen LogP contribution in [0.15, 0.2) is 35.6 Å². The zero-order chi connectivity index (χ0) is 15.4. The summed E-state index contributed by atoms with van der Waals surface area (Å²) in [6, 6.07) is 3.68. The Balaban J connectivity index is 0.000000641. The molecule has 0 saturated carbocycles. The Morgan fingerprint density at radius 1 is 1.50 bits per heavy atom. The van der Waals surface area contributed by atoms with Crippen molar-refractivity contribution in [2.75, 3.05) is 19.4 Å². The van der Waals surface area contributed by atoms with Crippen molar-refractivity contribution in [3.8, 4) is 5.88 Å². The van der Waals surface area contributed by atoms with Crippen LogP contribution in [0.4, 0.5) is 0 Å². The van der Waals surface area contributed by atoms with Crippen LogP contribution in [0.5, 0.6) is 5.88 Å². The van der Waals surface area contributed by atoms with Crippen LogP contribution in [0, 0.1) is 0 Å². The van der Waals surface area contributed by atoms with Crippen molar-refractivity contribution in [2.45, 2.75) is 13.3 Å². The number of allylic oxidation sites excluding steroid dienone is 1. The summed E-state index contributed by atoms with van der Waals surface area (Å²) in [5, 5.41) is 4.27. The summed E-state index contributed by atoms with van der Waals surface area (Å²) in [5.41, 5.74) is 5.29. The van der Waals surface area contributed by atoms with E-state index >= 15 is 0 Å². The van der Waals surface area contributed by atoms with Crippen LogP contribution >= 0.6 is 28.6 Å². The first-order chi connectivity index (χ1) is 9.72. The highest BCUT2D eigenvalue weighted by molar-refractivity contribution is 9.10. The highest BCUT2D eigenvalue weighted by atomic mass is 79.9. The monoisotopic (exact) mass is 360 g/mol. The van der Waals surface area contributed by atoms with Crippen molar-refractivity contribution in [3.05, 3.63) is 35.6 Å². The van der Waals surface area contributed by atoms with Crippen molar-refractivity contribution >= 4 is 34.2 Å². The number of nitrogens with zero attached hydrogens (tertiary/aromatic N) is 3. The molecular weight excluding hydrogens is 340 g/mol. The Morgan fingerprint density at radius 2 is 2.15 bits per heavy atom. The van der Waals surface area contributed by atoms with Crippen LogP contribution < -0.4 is 10.5 Å². The molecule has 0 saturated heterocycles. The maximum Gasteiger partial charge on any atom is 0.231 e. The Morgan fingerprint density at radius 3 is 2.75 bits per heavy atom. The predicted octanol–water partition coefficient (Wildman–Crippen LogP) is 2.96. The fourth-order valence-corrected chi connectivity index (χ4v) is 1.64. The summed E-state index contributed by atoms with van der Waals surface area (Å²) in [5.74, 6) is 1.42. The highest BCUT2D eigenvalue weighted by Gasteiger charge is 2.03. The summed E-state index contributed by atoms with van der Waals surface area (Å²) in [6.07, 6.45) is 4.37. The molecule has 2 N–H and O–H groups in total. The van der Waals surface area contributed by atoms with Gasteiger partial charge in [-0.15, -0.1) is 11.7 Å². The Bertz CT molecular complexity index is 504. The third kappa shape index (κ3) is 6.40. The van der Waals surface area contributed by atoms with Crippen LogP contribution in [0.2, 0.25) is 0 Å². The molecule has 0 aliphatic carbocycles. The van der Waals surface area contributed by atoms with Gasteiger partial charge >= 0.3 is 0 Å². The molecular formula is C13H21BrN4OS. The largest absolute Gasteiger partial charge is 0.477 e. The van der Waals surface area contributed by atoms with Crippen molar-refractivity contribution in [3.63, 3.8) is 0 Å². The zero-order valence-electron chi connectivity index (χ0n) is 11.8. The van der Waals surface area contributed by atoms with Gasteiger partial charge in [0.2, 0.25) is 5.88 Å². The Kier molecular flexibility index (Phi) is 11.1. The smallest absolute Gasteiger partial charge is 0.231 e. The van der Waals surface area contributed by atoms with Crippen LogP contribution in [0.3, 0.4) is 0 Å². The number of ether oxygens (including phenoxy) is 1. The van der Waals surface area contributed by atoms with Gasteiger partial charge in [0.1, 0.15) is 4.60 Å². The van der Waals surface area contributed by atoms with Gasteiger partial charge in [-0.1, -0.05) is 6.08 Å². The summed E-state index contributed by atoms with van der Waals surface area (Å²) >= 11 is 7.46. The minimum absolute atomic E-state index is 0.600. The number of nitrogens with two attached hydrogens (primary N) is 1. The second-order valence-electron chi connectivity index (χ2n) is 3.36. The fraction of sp³-hybridized carbons (Fsp3) is 0.385. The normalized spacial score (nSPS) is 9.05. The van der Waals surface area contributed by atoms with Gasteiger partial charge in [0.05, 0.1) is 12.8 Å². The molecule has 0 amide bonds. The quantitative estimate of drug-likeness (QED) is 0.499. The number of hydrogen-bond acceptors (Lipinski definition) is 5. The van der Waals surface area contributed by atoms with E-state index in [-0.39, 0.29) is 0 Å². The predicted molar refractivity (Wildman–Crippen MR) is 90.6 cm³/mol. The molecule has 2 aromatic rings. The fourth-order valence-electron chi connectivity index (χ4n) is 1.15. The molecule has 112 valence electrons. The van der Waals surface area contributed by atoms with Crippen LogP contribution in [0.25, 0.3) is 5.65 Å². The molecule has 0 aliphatic heterocycles. The zero-order valence-corrected chi connectivity index (χ0v) is 14.3. The number of rotatable bonds is 4. The molecule has 0 unspecified atom stereocenters. The standard InChI is InChI=1S/C9H10BrN3OS.C3H6.CH5N/c10-7-6-11-8-2-3-9(12-13(7)8)14-4-1-5-15;1-3-2;1-2/h2-3,6,15H,1,4-5H2;3H,1H2,2H3;2H2,1H3. The van der Waals surface area contributed by atoms with Crippen molar-refractivity contribution in [2.24, 2.45) is 5.73 Å². The topological polar surface area (TPSA) is 65.4 Å². The minimum Gasteiger partial charge on any atom is -0.477 e. The molecule has 7 heteroatoms. The molecule has 2 heterocycles. The summed E-state index contributed by atoms with van der Waals surface area (Å²) < 4.78 is 7.96.